The molecular formula is C23H28N2O3. The molecular weight excluding hydrogens is 352 g/mol. The molecule has 0 bridgehead atoms. The Morgan fingerprint density at radius 1 is 1.07 bits per heavy atom. The van der Waals surface area contributed by atoms with Crippen LogP contribution in [0, 0.1) is 5.92 Å². The van der Waals surface area contributed by atoms with Crippen molar-refractivity contribution in [1.82, 2.24) is 10.2 Å². The largest absolute Gasteiger partial charge is 0.508 e. The zero-order valence-electron chi connectivity index (χ0n) is 16.3. The Balaban J connectivity index is 1.69. The van der Waals surface area contributed by atoms with Crippen LogP contribution < -0.4 is 5.32 Å². The first kappa shape index (κ1) is 19.9. The average Bonchev–Trinajstić information content (AvgIpc) is 2.72. The first-order valence-corrected chi connectivity index (χ1v) is 9.89. The molecule has 1 aliphatic rings. The van der Waals surface area contributed by atoms with Gasteiger partial charge in [0.1, 0.15) is 5.75 Å². The van der Waals surface area contributed by atoms with Gasteiger partial charge >= 0.3 is 0 Å². The quantitative estimate of drug-likeness (QED) is 0.809. The number of hydrogen-bond acceptors (Lipinski definition) is 3. The molecule has 5 heteroatoms. The zero-order valence-corrected chi connectivity index (χ0v) is 16.3. The van der Waals surface area contributed by atoms with Crippen LogP contribution in [-0.4, -0.2) is 41.5 Å². The Hall–Kier alpha value is -2.82. The van der Waals surface area contributed by atoms with Crippen LogP contribution in [0.5, 0.6) is 5.75 Å². The van der Waals surface area contributed by atoms with Crippen LogP contribution in [-0.2, 0) is 16.0 Å². The van der Waals surface area contributed by atoms with Gasteiger partial charge in [0.2, 0.25) is 11.8 Å². The molecule has 1 saturated heterocycles. The van der Waals surface area contributed by atoms with Crippen LogP contribution in [0.4, 0.5) is 0 Å². The van der Waals surface area contributed by atoms with E-state index in [4.69, 9.17) is 0 Å². The van der Waals surface area contributed by atoms with E-state index in [1.807, 2.05) is 47.4 Å². The number of carbonyl (C=O) groups excluding carboxylic acids is 2. The number of benzene rings is 2. The van der Waals surface area contributed by atoms with Gasteiger partial charge in [-0.25, -0.2) is 0 Å². The van der Waals surface area contributed by atoms with Crippen LogP contribution in [0.25, 0.3) is 0 Å². The van der Waals surface area contributed by atoms with Crippen LogP contribution in [0.1, 0.15) is 36.8 Å². The maximum Gasteiger partial charge on any atom is 0.230 e. The molecule has 0 saturated carbocycles. The first-order chi connectivity index (χ1) is 13.5. The zero-order chi connectivity index (χ0) is 19.9. The predicted molar refractivity (Wildman–Crippen MR) is 109 cm³/mol. The molecule has 0 radical (unpaired) electrons. The number of phenols is 1. The van der Waals surface area contributed by atoms with E-state index < -0.39 is 0 Å². The van der Waals surface area contributed by atoms with E-state index in [0.717, 1.165) is 37.1 Å². The van der Waals surface area contributed by atoms with E-state index in [1.165, 1.54) is 6.92 Å². The number of likely N-dealkylation sites (tertiary alicyclic amines) is 1. The summed E-state index contributed by atoms with van der Waals surface area (Å²) in [5, 5.41) is 12.4. The van der Waals surface area contributed by atoms with Crippen molar-refractivity contribution in [2.24, 2.45) is 5.92 Å². The van der Waals surface area contributed by atoms with Crippen molar-refractivity contribution >= 4 is 11.8 Å². The summed E-state index contributed by atoms with van der Waals surface area (Å²) >= 11 is 0. The molecule has 1 heterocycles. The molecule has 2 aromatic carbocycles. The predicted octanol–water partition coefficient (Wildman–Crippen LogP) is 3.09. The molecule has 28 heavy (non-hydrogen) atoms. The molecule has 1 aliphatic heterocycles. The van der Waals surface area contributed by atoms with Gasteiger partial charge in [0.05, 0.1) is 5.92 Å². The number of hydrogen-bond donors (Lipinski definition) is 2. The van der Waals surface area contributed by atoms with E-state index in [-0.39, 0.29) is 23.5 Å². The number of nitrogens with one attached hydrogen (secondary N) is 1. The second-order valence-corrected chi connectivity index (χ2v) is 7.54. The Morgan fingerprint density at radius 3 is 2.32 bits per heavy atom. The third-order valence-electron chi connectivity index (χ3n) is 5.44. The van der Waals surface area contributed by atoms with E-state index in [9.17, 15) is 14.7 Å². The monoisotopic (exact) mass is 380 g/mol. The topological polar surface area (TPSA) is 69.6 Å². The van der Waals surface area contributed by atoms with Crippen molar-refractivity contribution in [1.29, 1.82) is 0 Å². The third-order valence-corrected chi connectivity index (χ3v) is 5.44. The molecule has 0 aromatic heterocycles. The van der Waals surface area contributed by atoms with E-state index in [1.54, 1.807) is 12.1 Å². The summed E-state index contributed by atoms with van der Waals surface area (Å²) < 4.78 is 0. The lowest BCUT2D eigenvalue weighted by atomic mass is 9.89. The van der Waals surface area contributed by atoms with Gasteiger partial charge in [-0.2, -0.15) is 0 Å². The normalized spacial score (nSPS) is 15.8. The highest BCUT2D eigenvalue weighted by molar-refractivity contribution is 5.84. The minimum absolute atomic E-state index is 0.00320. The molecule has 1 fully saturated rings. The summed E-state index contributed by atoms with van der Waals surface area (Å²) in [5.74, 6) is 0.569. The SMILES string of the molecule is CC(=O)NCC1CCN(C(=O)[C@@H](Cc2ccc(O)cc2)c2ccccc2)CC1. The lowest BCUT2D eigenvalue weighted by Gasteiger charge is -2.34. The molecule has 2 amide bonds. The van der Waals surface area contributed by atoms with Crippen LogP contribution in [0.15, 0.2) is 54.6 Å². The summed E-state index contributed by atoms with van der Waals surface area (Å²) in [5.41, 5.74) is 2.04. The lowest BCUT2D eigenvalue weighted by Crippen LogP contribution is -2.43. The average molecular weight is 380 g/mol. The second kappa shape index (κ2) is 9.40. The Morgan fingerprint density at radius 2 is 1.71 bits per heavy atom. The van der Waals surface area contributed by atoms with Gasteiger partial charge < -0.3 is 15.3 Å². The molecule has 148 valence electrons. The van der Waals surface area contributed by atoms with Crippen molar-refractivity contribution in [3.8, 4) is 5.75 Å². The summed E-state index contributed by atoms with van der Waals surface area (Å²) in [6.45, 7) is 3.67. The van der Waals surface area contributed by atoms with E-state index >= 15 is 0 Å². The summed E-state index contributed by atoms with van der Waals surface area (Å²) in [6.07, 6.45) is 2.43. The Kier molecular flexibility index (Phi) is 6.69. The molecule has 2 N–H and O–H groups in total. The van der Waals surface area contributed by atoms with Crippen LogP contribution in [0.3, 0.4) is 0 Å². The molecule has 0 aliphatic carbocycles. The Bertz CT molecular complexity index is 781. The standard InChI is InChI=1S/C23H28N2O3/c1-17(26)24-16-19-11-13-25(14-12-19)23(28)22(20-5-3-2-4-6-20)15-18-7-9-21(27)10-8-18/h2-10,19,22,27H,11-16H2,1H3,(H,24,26)/t22-/m0/s1. The second-order valence-electron chi connectivity index (χ2n) is 7.54. The van der Waals surface area contributed by atoms with Gasteiger partial charge in [-0.15, -0.1) is 0 Å². The van der Waals surface area contributed by atoms with Gasteiger partial charge in [-0.05, 0) is 48.4 Å². The first-order valence-electron chi connectivity index (χ1n) is 9.89. The molecule has 3 rings (SSSR count). The fraction of sp³-hybridized carbons (Fsp3) is 0.391. The van der Waals surface area contributed by atoms with Crippen molar-refractivity contribution in [2.45, 2.75) is 32.1 Å². The molecule has 0 spiro atoms. The number of carbonyl (C=O) groups is 2. The summed E-state index contributed by atoms with van der Waals surface area (Å²) in [7, 11) is 0. The third kappa shape index (κ3) is 5.35. The van der Waals surface area contributed by atoms with Crippen molar-refractivity contribution < 1.29 is 14.7 Å². The van der Waals surface area contributed by atoms with Crippen LogP contribution in [0.2, 0.25) is 0 Å². The minimum Gasteiger partial charge on any atom is -0.508 e. The minimum atomic E-state index is -0.238. The van der Waals surface area contributed by atoms with Gasteiger partial charge in [0, 0.05) is 26.6 Å². The van der Waals surface area contributed by atoms with Crippen molar-refractivity contribution in [3.05, 3.63) is 65.7 Å². The van der Waals surface area contributed by atoms with Gasteiger partial charge in [0.25, 0.3) is 0 Å². The Labute approximate surface area is 166 Å². The highest BCUT2D eigenvalue weighted by atomic mass is 16.3. The summed E-state index contributed by atoms with van der Waals surface area (Å²) in [4.78, 5) is 26.4. The van der Waals surface area contributed by atoms with Gasteiger partial charge in [-0.3, -0.25) is 9.59 Å². The van der Waals surface area contributed by atoms with E-state index in [0.29, 0.717) is 18.9 Å². The number of aromatic hydroxyl groups is 1. The molecule has 2 aromatic rings. The molecule has 0 unspecified atom stereocenters. The number of rotatable bonds is 6. The maximum absolute atomic E-state index is 13.3. The fourth-order valence-corrected chi connectivity index (χ4v) is 3.77. The van der Waals surface area contributed by atoms with Crippen molar-refractivity contribution in [2.75, 3.05) is 19.6 Å². The van der Waals surface area contributed by atoms with Crippen molar-refractivity contribution in [3.63, 3.8) is 0 Å². The number of amides is 2. The molecule has 5 nitrogen and oxygen atoms in total. The smallest absolute Gasteiger partial charge is 0.230 e. The summed E-state index contributed by atoms with van der Waals surface area (Å²) in [6, 6.07) is 17.0. The highest BCUT2D eigenvalue weighted by Gasteiger charge is 2.29. The molecule has 1 atom stereocenters. The number of nitrogens with zero attached hydrogens (tertiary/aromatic N) is 1. The highest BCUT2D eigenvalue weighted by Crippen LogP contribution is 2.27. The van der Waals surface area contributed by atoms with E-state index in [2.05, 4.69) is 5.32 Å². The number of phenolic OH excluding ortho intramolecular Hbond substituents is 1. The maximum atomic E-state index is 13.3. The van der Waals surface area contributed by atoms with Gasteiger partial charge in [0.15, 0.2) is 0 Å². The number of piperidine rings is 1. The van der Waals surface area contributed by atoms with Crippen LogP contribution >= 0.6 is 0 Å². The van der Waals surface area contributed by atoms with Gasteiger partial charge in [-0.1, -0.05) is 42.5 Å². The lowest BCUT2D eigenvalue weighted by molar-refractivity contribution is -0.134. The fourth-order valence-electron chi connectivity index (χ4n) is 3.77.